The second-order valence-electron chi connectivity index (χ2n) is 10.6. The number of Topliss-reactive ketones (excluding diaryl/α,β-unsaturated/α-hetero) is 1. The highest BCUT2D eigenvalue weighted by Crippen LogP contribution is 2.22. The van der Waals surface area contributed by atoms with Crippen molar-refractivity contribution < 1.29 is 28.7 Å². The average molecular weight is 576 g/mol. The zero-order valence-corrected chi connectivity index (χ0v) is 24.8. The van der Waals surface area contributed by atoms with E-state index in [1.54, 1.807) is 24.3 Å². The van der Waals surface area contributed by atoms with E-state index in [4.69, 9.17) is 21.9 Å². The number of ketones is 1. The molecule has 230 valence electrons. The first-order valence-electron chi connectivity index (χ1n) is 14.7. The van der Waals surface area contributed by atoms with Crippen LogP contribution in [0.1, 0.15) is 84.1 Å². The zero-order chi connectivity index (χ0) is 30.8. The van der Waals surface area contributed by atoms with Crippen LogP contribution in [0.3, 0.4) is 0 Å². The van der Waals surface area contributed by atoms with Gasteiger partial charge in [0.2, 0.25) is 17.7 Å². The Labute approximate surface area is 243 Å². The summed E-state index contributed by atoms with van der Waals surface area (Å²) in [5.74, 6) is -2.64. The van der Waals surface area contributed by atoms with Gasteiger partial charge in [0, 0.05) is 18.8 Å². The van der Waals surface area contributed by atoms with Crippen molar-refractivity contribution in [3.05, 3.63) is 29.8 Å². The van der Waals surface area contributed by atoms with Crippen LogP contribution in [0.4, 0.5) is 0 Å². The number of amides is 3. The summed E-state index contributed by atoms with van der Waals surface area (Å²) in [5.41, 5.74) is 17.3. The quantitative estimate of drug-likeness (QED) is 0.0831. The van der Waals surface area contributed by atoms with Gasteiger partial charge in [-0.2, -0.15) is 0 Å². The number of nitrogens with two attached hydrogens (primary N) is 3. The van der Waals surface area contributed by atoms with E-state index in [0.717, 1.165) is 31.2 Å². The van der Waals surface area contributed by atoms with Crippen molar-refractivity contribution >= 4 is 29.5 Å². The van der Waals surface area contributed by atoms with Crippen LogP contribution in [-0.4, -0.2) is 54.6 Å². The van der Waals surface area contributed by atoms with E-state index in [1.807, 2.05) is 20.8 Å². The van der Waals surface area contributed by atoms with Gasteiger partial charge in [0.05, 0.1) is 12.6 Å². The number of esters is 1. The molecule has 3 amide bonds. The lowest BCUT2D eigenvalue weighted by atomic mass is 9.84. The molecule has 0 aliphatic rings. The maximum absolute atomic E-state index is 13.5. The topological polar surface area (TPSA) is 197 Å². The third-order valence-electron chi connectivity index (χ3n) is 7.11. The van der Waals surface area contributed by atoms with E-state index in [1.165, 1.54) is 0 Å². The minimum absolute atomic E-state index is 0.1000. The first-order valence-corrected chi connectivity index (χ1v) is 14.7. The average Bonchev–Trinajstić information content (AvgIpc) is 2.94. The summed E-state index contributed by atoms with van der Waals surface area (Å²) in [6, 6.07) is 5.07. The molecule has 0 aromatic heterocycles. The highest BCUT2D eigenvalue weighted by molar-refractivity contribution is 5.93. The van der Waals surface area contributed by atoms with Crippen molar-refractivity contribution in [3.63, 3.8) is 0 Å². The fourth-order valence-corrected chi connectivity index (χ4v) is 4.30. The molecule has 4 unspecified atom stereocenters. The van der Waals surface area contributed by atoms with Gasteiger partial charge in [-0.25, -0.2) is 4.79 Å². The number of primary amides is 1. The Morgan fingerprint density at radius 2 is 1.66 bits per heavy atom. The van der Waals surface area contributed by atoms with Crippen LogP contribution in [-0.2, 0) is 30.4 Å². The number of unbranched alkanes of at least 4 members (excludes halogenated alkanes) is 3. The molecule has 1 aromatic carbocycles. The number of benzene rings is 1. The van der Waals surface area contributed by atoms with Gasteiger partial charge in [0.1, 0.15) is 11.8 Å². The zero-order valence-electron chi connectivity index (χ0n) is 24.8. The number of carbonyl (C=O) groups excluding carboxylic acids is 5. The molecule has 1 rings (SSSR count). The third kappa shape index (κ3) is 14.2. The van der Waals surface area contributed by atoms with E-state index < -0.39 is 35.8 Å². The molecule has 0 saturated carbocycles. The maximum Gasteiger partial charge on any atom is 0.328 e. The van der Waals surface area contributed by atoms with Gasteiger partial charge in [0.15, 0.2) is 5.78 Å². The Kier molecular flexibility index (Phi) is 17.2. The van der Waals surface area contributed by atoms with Crippen molar-refractivity contribution in [3.8, 4) is 5.75 Å². The molecule has 0 saturated heterocycles. The fraction of sp³-hybridized carbons (Fsp3) is 0.633. The van der Waals surface area contributed by atoms with Crippen molar-refractivity contribution in [1.29, 1.82) is 0 Å². The Bertz CT molecular complexity index is 984. The second-order valence-corrected chi connectivity index (χ2v) is 10.6. The molecule has 8 N–H and O–H groups in total. The summed E-state index contributed by atoms with van der Waals surface area (Å²) in [6.45, 7) is 6.04. The van der Waals surface area contributed by atoms with Gasteiger partial charge in [-0.05, 0) is 55.8 Å². The van der Waals surface area contributed by atoms with Crippen LogP contribution in [0.2, 0.25) is 0 Å². The smallest absolute Gasteiger partial charge is 0.328 e. The highest BCUT2D eigenvalue weighted by Gasteiger charge is 2.31. The van der Waals surface area contributed by atoms with Crippen LogP contribution >= 0.6 is 0 Å². The number of hydrogen-bond acceptors (Lipinski definition) is 8. The van der Waals surface area contributed by atoms with Crippen LogP contribution in [0.15, 0.2) is 24.3 Å². The molecule has 0 aliphatic carbocycles. The largest absolute Gasteiger partial charge is 0.425 e. The van der Waals surface area contributed by atoms with Crippen molar-refractivity contribution in [1.82, 2.24) is 10.6 Å². The SMILES string of the molecule is CCCCCC(=O)NC(Cc1ccc(OC(=O)C(N)CCCCN)cc1)C(=O)CC(C(=O)NCC(N)=O)C(C)CC. The Balaban J connectivity index is 3.01. The van der Waals surface area contributed by atoms with Gasteiger partial charge in [-0.1, -0.05) is 58.6 Å². The predicted octanol–water partition coefficient (Wildman–Crippen LogP) is 1.88. The van der Waals surface area contributed by atoms with Crippen LogP contribution in [0.25, 0.3) is 0 Å². The summed E-state index contributed by atoms with van der Waals surface area (Å²) < 4.78 is 5.38. The van der Waals surface area contributed by atoms with Gasteiger partial charge >= 0.3 is 5.97 Å². The Morgan fingerprint density at radius 3 is 2.24 bits per heavy atom. The molecule has 0 bridgehead atoms. The van der Waals surface area contributed by atoms with E-state index in [-0.39, 0.29) is 37.0 Å². The van der Waals surface area contributed by atoms with Gasteiger partial charge in [-0.3, -0.25) is 19.2 Å². The second kappa shape index (κ2) is 19.7. The Hall–Kier alpha value is -3.31. The molecule has 0 radical (unpaired) electrons. The molecule has 0 heterocycles. The standard InChI is InChI=1S/C30H49N5O6/c1-4-6-7-11-28(38)35-25(26(36)18-23(20(3)5-2)29(39)34-19-27(33)37)17-21-12-14-22(15-13-21)41-30(40)24(32)10-8-9-16-31/h12-15,20,23-25H,4-11,16-19,31-32H2,1-3H3,(H2,33,37)(H,34,39)(H,35,38). The van der Waals surface area contributed by atoms with E-state index in [9.17, 15) is 24.0 Å². The minimum Gasteiger partial charge on any atom is -0.425 e. The summed E-state index contributed by atoms with van der Waals surface area (Å²) in [4.78, 5) is 62.4. The van der Waals surface area contributed by atoms with E-state index in [0.29, 0.717) is 38.0 Å². The summed E-state index contributed by atoms with van der Waals surface area (Å²) >= 11 is 0. The number of rotatable bonds is 21. The molecule has 41 heavy (non-hydrogen) atoms. The Morgan fingerprint density at radius 1 is 0.976 bits per heavy atom. The van der Waals surface area contributed by atoms with Crippen LogP contribution in [0.5, 0.6) is 5.75 Å². The normalized spacial score (nSPS) is 13.9. The summed E-state index contributed by atoms with van der Waals surface area (Å²) in [7, 11) is 0. The number of hydrogen-bond donors (Lipinski definition) is 5. The first kappa shape index (κ1) is 35.7. The lowest BCUT2D eigenvalue weighted by molar-refractivity contribution is -0.136. The summed E-state index contributed by atoms with van der Waals surface area (Å²) in [5, 5.41) is 5.36. The van der Waals surface area contributed by atoms with Crippen molar-refractivity contribution in [2.75, 3.05) is 13.1 Å². The number of carbonyl (C=O) groups is 5. The number of ether oxygens (including phenoxy) is 1. The lowest BCUT2D eigenvalue weighted by Gasteiger charge is -2.25. The molecule has 1 aromatic rings. The van der Waals surface area contributed by atoms with Crippen LogP contribution < -0.4 is 32.6 Å². The van der Waals surface area contributed by atoms with Gasteiger partial charge < -0.3 is 32.6 Å². The van der Waals surface area contributed by atoms with Crippen molar-refractivity contribution in [2.45, 2.75) is 97.1 Å². The lowest BCUT2D eigenvalue weighted by Crippen LogP contribution is -2.45. The monoisotopic (exact) mass is 575 g/mol. The molecule has 11 heteroatoms. The highest BCUT2D eigenvalue weighted by atomic mass is 16.5. The third-order valence-corrected chi connectivity index (χ3v) is 7.11. The van der Waals surface area contributed by atoms with E-state index in [2.05, 4.69) is 10.6 Å². The van der Waals surface area contributed by atoms with Crippen molar-refractivity contribution in [2.24, 2.45) is 29.0 Å². The number of nitrogens with one attached hydrogen (secondary N) is 2. The minimum atomic E-state index is -0.857. The van der Waals surface area contributed by atoms with Gasteiger partial charge in [-0.15, -0.1) is 0 Å². The predicted molar refractivity (Wildman–Crippen MR) is 158 cm³/mol. The molecule has 0 fully saturated rings. The molecule has 4 atom stereocenters. The first-order chi connectivity index (χ1) is 19.5. The molecule has 0 aliphatic heterocycles. The summed E-state index contributed by atoms with van der Waals surface area (Å²) in [6.07, 6.45) is 5.60. The molecular formula is C30H49N5O6. The van der Waals surface area contributed by atoms with Gasteiger partial charge in [0.25, 0.3) is 0 Å². The molecule has 0 spiro atoms. The molecule has 11 nitrogen and oxygen atoms in total. The maximum atomic E-state index is 13.5. The fourth-order valence-electron chi connectivity index (χ4n) is 4.30. The van der Waals surface area contributed by atoms with E-state index >= 15 is 0 Å². The molecular weight excluding hydrogens is 526 g/mol. The van der Waals surface area contributed by atoms with Crippen LogP contribution in [0, 0.1) is 11.8 Å².